The number of amides is 1. The zero-order valence-corrected chi connectivity index (χ0v) is 25.3. The molecule has 1 N–H and O–H groups in total. The van der Waals surface area contributed by atoms with Crippen LogP contribution in [-0.4, -0.2) is 53.8 Å². The predicted molar refractivity (Wildman–Crippen MR) is 149 cm³/mol. The molecule has 2 heterocycles. The van der Waals surface area contributed by atoms with Gasteiger partial charge in [0.1, 0.15) is 9.84 Å². The third kappa shape index (κ3) is 8.67. The van der Waals surface area contributed by atoms with E-state index in [1.807, 2.05) is 27.7 Å². The maximum atomic E-state index is 13.5. The van der Waals surface area contributed by atoms with Crippen molar-refractivity contribution >= 4 is 27.3 Å². The first-order chi connectivity index (χ1) is 17.9. The van der Waals surface area contributed by atoms with Crippen molar-refractivity contribution in [2.75, 3.05) is 18.6 Å². The molecule has 12 heteroatoms. The third-order valence-electron chi connectivity index (χ3n) is 6.93. The highest BCUT2D eigenvalue weighted by atomic mass is 35.5. The summed E-state index contributed by atoms with van der Waals surface area (Å²) in [7, 11) is -3.04. The molecule has 0 bridgehead atoms. The SMILES string of the molecule is CC[C@H](CCCS(C)(=O)=O)CNC(=O)c1nn(CC)c(-c2cnc(CC(C)(C)C(F)(F)F)cc2C(C)C)c1Cl. The summed E-state index contributed by atoms with van der Waals surface area (Å²) in [6.07, 6.45) is 0.0271. The molecular formula is C27H40ClF3N4O3S. The number of carbonyl (C=O) groups is 1. The number of rotatable bonds is 13. The highest BCUT2D eigenvalue weighted by molar-refractivity contribution is 7.90. The second-order valence-electron chi connectivity index (χ2n) is 11.1. The number of hydrogen-bond acceptors (Lipinski definition) is 5. The molecule has 0 unspecified atom stereocenters. The monoisotopic (exact) mass is 592 g/mol. The van der Waals surface area contributed by atoms with E-state index in [1.165, 1.54) is 12.5 Å². The molecule has 1 amide bonds. The number of hydrogen-bond donors (Lipinski definition) is 1. The Balaban J connectivity index is 2.34. The molecule has 0 aliphatic carbocycles. The van der Waals surface area contributed by atoms with Crippen LogP contribution in [0.1, 0.15) is 88.5 Å². The first-order valence-electron chi connectivity index (χ1n) is 13.2. The van der Waals surface area contributed by atoms with Crippen LogP contribution in [0, 0.1) is 11.3 Å². The topological polar surface area (TPSA) is 94.0 Å². The maximum absolute atomic E-state index is 13.5. The quantitative estimate of drug-likeness (QED) is 0.288. The van der Waals surface area contributed by atoms with Crippen molar-refractivity contribution in [1.29, 1.82) is 0 Å². The number of halogens is 4. The molecule has 0 saturated heterocycles. The summed E-state index contributed by atoms with van der Waals surface area (Å²) in [6.45, 7) is 10.8. The van der Waals surface area contributed by atoms with E-state index in [9.17, 15) is 26.4 Å². The number of alkyl halides is 3. The minimum absolute atomic E-state index is 0.0523. The molecule has 0 aromatic carbocycles. The number of nitrogens with one attached hydrogen (secondary N) is 1. The Hall–Kier alpha value is -2.14. The van der Waals surface area contributed by atoms with Gasteiger partial charge in [0.25, 0.3) is 5.91 Å². The summed E-state index contributed by atoms with van der Waals surface area (Å²) in [4.78, 5) is 17.4. The molecule has 0 aliphatic rings. The molecule has 220 valence electrons. The van der Waals surface area contributed by atoms with Gasteiger partial charge in [0.15, 0.2) is 5.69 Å². The van der Waals surface area contributed by atoms with Crippen LogP contribution >= 0.6 is 11.6 Å². The molecular weight excluding hydrogens is 553 g/mol. The van der Waals surface area contributed by atoms with Gasteiger partial charge in [-0.05, 0) is 43.2 Å². The van der Waals surface area contributed by atoms with Gasteiger partial charge >= 0.3 is 6.18 Å². The fraction of sp³-hybridized carbons (Fsp3) is 0.667. The smallest absolute Gasteiger partial charge is 0.350 e. The Kier molecular flexibility index (Phi) is 11.0. The fourth-order valence-electron chi connectivity index (χ4n) is 4.32. The van der Waals surface area contributed by atoms with Crippen LogP contribution in [0.4, 0.5) is 13.2 Å². The molecule has 2 rings (SSSR count). The summed E-state index contributed by atoms with van der Waals surface area (Å²) < 4.78 is 64.9. The van der Waals surface area contributed by atoms with Crippen LogP contribution in [0.15, 0.2) is 12.3 Å². The van der Waals surface area contributed by atoms with Gasteiger partial charge in [-0.2, -0.15) is 18.3 Å². The number of sulfone groups is 1. The van der Waals surface area contributed by atoms with E-state index in [0.29, 0.717) is 42.9 Å². The van der Waals surface area contributed by atoms with Crippen LogP contribution in [0.5, 0.6) is 0 Å². The minimum atomic E-state index is -4.37. The Morgan fingerprint density at radius 2 is 1.85 bits per heavy atom. The lowest BCUT2D eigenvalue weighted by Gasteiger charge is -2.27. The molecule has 2 aromatic heterocycles. The number of carbonyl (C=O) groups excluding carboxylic acids is 1. The Morgan fingerprint density at radius 1 is 1.21 bits per heavy atom. The van der Waals surface area contributed by atoms with E-state index in [4.69, 9.17) is 11.6 Å². The van der Waals surface area contributed by atoms with Crippen LogP contribution in [0.2, 0.25) is 5.02 Å². The first kappa shape index (κ1) is 33.1. The van der Waals surface area contributed by atoms with Crippen molar-refractivity contribution in [2.24, 2.45) is 11.3 Å². The largest absolute Gasteiger partial charge is 0.394 e. The van der Waals surface area contributed by atoms with Gasteiger partial charge in [-0.1, -0.05) is 52.6 Å². The van der Waals surface area contributed by atoms with Gasteiger partial charge in [-0.15, -0.1) is 0 Å². The van der Waals surface area contributed by atoms with Crippen molar-refractivity contribution in [3.63, 3.8) is 0 Å². The zero-order valence-electron chi connectivity index (χ0n) is 23.7. The van der Waals surface area contributed by atoms with Gasteiger partial charge in [0, 0.05) is 49.0 Å². The van der Waals surface area contributed by atoms with E-state index < -0.39 is 27.3 Å². The van der Waals surface area contributed by atoms with E-state index in [-0.39, 0.29) is 34.7 Å². The van der Waals surface area contributed by atoms with Gasteiger partial charge in [-0.25, -0.2) is 8.42 Å². The summed E-state index contributed by atoms with van der Waals surface area (Å²) >= 11 is 6.72. The van der Waals surface area contributed by atoms with E-state index in [2.05, 4.69) is 15.4 Å². The van der Waals surface area contributed by atoms with Crippen LogP contribution < -0.4 is 5.32 Å². The van der Waals surface area contributed by atoms with Crippen LogP contribution in [0.25, 0.3) is 11.3 Å². The first-order valence-corrected chi connectivity index (χ1v) is 15.6. The number of aryl methyl sites for hydroxylation is 1. The van der Waals surface area contributed by atoms with Crippen LogP contribution in [0.3, 0.4) is 0 Å². The molecule has 2 aromatic rings. The van der Waals surface area contributed by atoms with Gasteiger partial charge in [0.2, 0.25) is 0 Å². The van der Waals surface area contributed by atoms with Crippen molar-refractivity contribution < 1.29 is 26.4 Å². The van der Waals surface area contributed by atoms with Gasteiger partial charge < -0.3 is 5.32 Å². The average Bonchev–Trinajstić information content (AvgIpc) is 3.15. The molecule has 39 heavy (non-hydrogen) atoms. The molecule has 1 atom stereocenters. The predicted octanol–water partition coefficient (Wildman–Crippen LogP) is 6.45. The molecule has 0 radical (unpaired) electrons. The molecule has 0 spiro atoms. The normalized spacial score (nSPS) is 13.6. The van der Waals surface area contributed by atoms with Crippen molar-refractivity contribution in [3.05, 3.63) is 34.2 Å². The second kappa shape index (κ2) is 13.0. The van der Waals surface area contributed by atoms with E-state index in [0.717, 1.165) is 25.8 Å². The zero-order chi connectivity index (χ0) is 29.8. The van der Waals surface area contributed by atoms with Gasteiger partial charge in [0.05, 0.1) is 16.1 Å². The minimum Gasteiger partial charge on any atom is -0.350 e. The molecule has 0 fully saturated rings. The standard InChI is InChI=1S/C27H40ClF3N4O3S/c1-8-18(11-10-12-39(7,37)38)15-33-25(36)23-22(28)24(35(9-2)34-23)21-16-32-19(13-20(21)17(3)4)14-26(5,6)27(29,30)31/h13,16-18H,8-12,14-15H2,1-7H3,(H,33,36)/t18-/m1/s1. The van der Waals surface area contributed by atoms with E-state index >= 15 is 0 Å². The lowest BCUT2D eigenvalue weighted by molar-refractivity contribution is -0.211. The fourth-order valence-corrected chi connectivity index (χ4v) is 5.33. The van der Waals surface area contributed by atoms with Crippen LogP contribution in [-0.2, 0) is 22.8 Å². The van der Waals surface area contributed by atoms with E-state index in [1.54, 1.807) is 10.7 Å². The number of pyridine rings is 1. The highest BCUT2D eigenvalue weighted by Gasteiger charge is 2.47. The summed E-state index contributed by atoms with van der Waals surface area (Å²) in [5.41, 5.74) is 0.301. The molecule has 7 nitrogen and oxygen atoms in total. The Bertz CT molecular complexity index is 1260. The average molecular weight is 593 g/mol. The van der Waals surface area contributed by atoms with Crippen molar-refractivity contribution in [1.82, 2.24) is 20.1 Å². The lowest BCUT2D eigenvalue weighted by Crippen LogP contribution is -2.34. The number of aromatic nitrogens is 3. The van der Waals surface area contributed by atoms with Gasteiger partial charge in [-0.3, -0.25) is 14.5 Å². The Labute approximate surface area is 234 Å². The summed E-state index contributed by atoms with van der Waals surface area (Å²) in [5.74, 6) is -0.293. The molecule has 0 aliphatic heterocycles. The molecule has 0 saturated carbocycles. The lowest BCUT2D eigenvalue weighted by atomic mass is 9.85. The summed E-state index contributed by atoms with van der Waals surface area (Å²) in [6, 6.07) is 1.68. The third-order valence-corrected chi connectivity index (χ3v) is 8.31. The Morgan fingerprint density at radius 3 is 2.36 bits per heavy atom. The number of nitrogens with zero attached hydrogens (tertiary/aromatic N) is 3. The highest BCUT2D eigenvalue weighted by Crippen LogP contribution is 2.41. The van der Waals surface area contributed by atoms with Crippen molar-refractivity contribution in [3.8, 4) is 11.3 Å². The summed E-state index contributed by atoms with van der Waals surface area (Å²) in [5, 5.41) is 7.45. The maximum Gasteiger partial charge on any atom is 0.394 e. The van der Waals surface area contributed by atoms with Crippen molar-refractivity contribution in [2.45, 2.75) is 85.9 Å². The second-order valence-corrected chi connectivity index (χ2v) is 13.7.